The molecule has 15 heavy (non-hydrogen) atoms. The molecular formula is C13H19NO. The van der Waals surface area contributed by atoms with Gasteiger partial charge in [0.05, 0.1) is 6.42 Å². The standard InChI is InChI=1S/C13H19NO/c1-10-5-7-11(8-6-10)9-12(15)14-13(2,3)4/h5-8H,9H2,1-4H3,(H,14,15). The average molecular weight is 205 g/mol. The van der Waals surface area contributed by atoms with E-state index in [4.69, 9.17) is 0 Å². The van der Waals surface area contributed by atoms with Crippen LogP contribution in [0.2, 0.25) is 0 Å². The van der Waals surface area contributed by atoms with E-state index in [1.54, 1.807) is 0 Å². The van der Waals surface area contributed by atoms with Crippen molar-refractivity contribution in [1.29, 1.82) is 0 Å². The largest absolute Gasteiger partial charge is 0.351 e. The number of hydrogen-bond acceptors (Lipinski definition) is 1. The third-order valence-corrected chi connectivity index (χ3v) is 2.00. The van der Waals surface area contributed by atoms with Crippen molar-refractivity contribution >= 4 is 5.91 Å². The molecular weight excluding hydrogens is 186 g/mol. The molecule has 0 aliphatic carbocycles. The van der Waals surface area contributed by atoms with Crippen molar-refractivity contribution in [3.8, 4) is 0 Å². The molecule has 2 heteroatoms. The highest BCUT2D eigenvalue weighted by molar-refractivity contribution is 5.79. The van der Waals surface area contributed by atoms with E-state index in [1.165, 1.54) is 5.56 Å². The van der Waals surface area contributed by atoms with Crippen molar-refractivity contribution in [3.63, 3.8) is 0 Å². The summed E-state index contributed by atoms with van der Waals surface area (Å²) in [5.74, 6) is 0.0753. The molecule has 0 aliphatic heterocycles. The van der Waals surface area contributed by atoms with Gasteiger partial charge in [0.1, 0.15) is 0 Å². The Bertz CT molecular complexity index is 333. The lowest BCUT2D eigenvalue weighted by Gasteiger charge is -2.20. The van der Waals surface area contributed by atoms with E-state index in [2.05, 4.69) is 5.32 Å². The Morgan fingerprint density at radius 1 is 1.20 bits per heavy atom. The predicted molar refractivity (Wildman–Crippen MR) is 62.8 cm³/mol. The first-order valence-corrected chi connectivity index (χ1v) is 5.23. The van der Waals surface area contributed by atoms with Gasteiger partial charge in [-0.25, -0.2) is 0 Å². The van der Waals surface area contributed by atoms with Gasteiger partial charge in [0, 0.05) is 5.54 Å². The Balaban J connectivity index is 2.55. The fourth-order valence-electron chi connectivity index (χ4n) is 1.35. The highest BCUT2D eigenvalue weighted by atomic mass is 16.1. The lowest BCUT2D eigenvalue weighted by atomic mass is 10.1. The second-order valence-electron chi connectivity index (χ2n) is 4.96. The maximum absolute atomic E-state index is 11.6. The smallest absolute Gasteiger partial charge is 0.224 e. The van der Waals surface area contributed by atoms with Gasteiger partial charge in [0.15, 0.2) is 0 Å². The van der Waals surface area contributed by atoms with Crippen LogP contribution in [0.3, 0.4) is 0 Å². The van der Waals surface area contributed by atoms with Gasteiger partial charge < -0.3 is 5.32 Å². The molecule has 1 amide bonds. The van der Waals surface area contributed by atoms with Crippen molar-refractivity contribution in [2.75, 3.05) is 0 Å². The third-order valence-electron chi connectivity index (χ3n) is 2.00. The molecule has 0 spiro atoms. The van der Waals surface area contributed by atoms with Gasteiger partial charge in [-0.1, -0.05) is 29.8 Å². The van der Waals surface area contributed by atoms with Crippen molar-refractivity contribution in [3.05, 3.63) is 35.4 Å². The number of nitrogens with one attached hydrogen (secondary N) is 1. The summed E-state index contributed by atoms with van der Waals surface area (Å²) in [6.45, 7) is 8.00. The summed E-state index contributed by atoms with van der Waals surface area (Å²) in [6.07, 6.45) is 0.456. The summed E-state index contributed by atoms with van der Waals surface area (Å²) in [4.78, 5) is 11.6. The van der Waals surface area contributed by atoms with Crippen LogP contribution in [0.4, 0.5) is 0 Å². The highest BCUT2D eigenvalue weighted by Crippen LogP contribution is 2.05. The number of aryl methyl sites for hydroxylation is 1. The molecule has 0 saturated heterocycles. The summed E-state index contributed by atoms with van der Waals surface area (Å²) < 4.78 is 0. The zero-order valence-electron chi connectivity index (χ0n) is 9.92. The number of hydrogen-bond donors (Lipinski definition) is 1. The van der Waals surface area contributed by atoms with E-state index in [-0.39, 0.29) is 11.4 Å². The third kappa shape index (κ3) is 4.63. The molecule has 0 unspecified atom stereocenters. The number of carbonyl (C=O) groups excluding carboxylic acids is 1. The topological polar surface area (TPSA) is 29.1 Å². The molecule has 0 saturated carbocycles. The minimum Gasteiger partial charge on any atom is -0.351 e. The maximum Gasteiger partial charge on any atom is 0.224 e. The molecule has 1 aromatic rings. The predicted octanol–water partition coefficient (Wildman–Crippen LogP) is 2.45. The monoisotopic (exact) mass is 205 g/mol. The maximum atomic E-state index is 11.6. The van der Waals surface area contributed by atoms with Crippen LogP contribution in [0.15, 0.2) is 24.3 Å². The highest BCUT2D eigenvalue weighted by Gasteiger charge is 2.13. The zero-order chi connectivity index (χ0) is 11.5. The van der Waals surface area contributed by atoms with Gasteiger partial charge in [-0.05, 0) is 33.3 Å². The fraction of sp³-hybridized carbons (Fsp3) is 0.462. The molecule has 0 radical (unpaired) electrons. The van der Waals surface area contributed by atoms with E-state index in [0.29, 0.717) is 6.42 Å². The van der Waals surface area contributed by atoms with Gasteiger partial charge in [-0.15, -0.1) is 0 Å². The Hall–Kier alpha value is -1.31. The van der Waals surface area contributed by atoms with Gasteiger partial charge in [0.2, 0.25) is 5.91 Å². The van der Waals surface area contributed by atoms with Gasteiger partial charge in [0.25, 0.3) is 0 Å². The second kappa shape index (κ2) is 4.47. The Kier molecular flexibility index (Phi) is 3.51. The molecule has 1 rings (SSSR count). The molecule has 82 valence electrons. The molecule has 0 atom stereocenters. The number of rotatable bonds is 2. The van der Waals surface area contributed by atoms with Crippen molar-refractivity contribution in [2.24, 2.45) is 0 Å². The second-order valence-corrected chi connectivity index (χ2v) is 4.96. The van der Waals surface area contributed by atoms with E-state index in [9.17, 15) is 4.79 Å². The van der Waals surface area contributed by atoms with E-state index in [0.717, 1.165) is 5.56 Å². The van der Waals surface area contributed by atoms with Crippen LogP contribution in [0.5, 0.6) is 0 Å². The van der Waals surface area contributed by atoms with Crippen LogP contribution in [-0.2, 0) is 11.2 Å². The minimum absolute atomic E-state index is 0.0753. The molecule has 0 fully saturated rings. The van der Waals surface area contributed by atoms with Crippen molar-refractivity contribution in [2.45, 2.75) is 39.7 Å². The van der Waals surface area contributed by atoms with Crippen LogP contribution in [-0.4, -0.2) is 11.4 Å². The van der Waals surface area contributed by atoms with Crippen molar-refractivity contribution in [1.82, 2.24) is 5.32 Å². The molecule has 2 nitrogen and oxygen atoms in total. The fourth-order valence-corrected chi connectivity index (χ4v) is 1.35. The molecule has 0 heterocycles. The Morgan fingerprint density at radius 2 is 1.73 bits per heavy atom. The van der Waals surface area contributed by atoms with Gasteiger partial charge >= 0.3 is 0 Å². The molecule has 0 aliphatic rings. The number of carbonyl (C=O) groups is 1. The van der Waals surface area contributed by atoms with Crippen LogP contribution in [0.25, 0.3) is 0 Å². The van der Waals surface area contributed by atoms with Gasteiger partial charge in [-0.3, -0.25) is 4.79 Å². The molecule has 0 aromatic heterocycles. The number of benzene rings is 1. The van der Waals surface area contributed by atoms with E-state index < -0.39 is 0 Å². The molecule has 0 bridgehead atoms. The normalized spacial score (nSPS) is 11.2. The Morgan fingerprint density at radius 3 is 2.20 bits per heavy atom. The molecule has 1 N–H and O–H groups in total. The lowest BCUT2D eigenvalue weighted by molar-refractivity contribution is -0.121. The van der Waals surface area contributed by atoms with Crippen LogP contribution < -0.4 is 5.32 Å². The quantitative estimate of drug-likeness (QED) is 0.789. The summed E-state index contributed by atoms with van der Waals surface area (Å²) in [6, 6.07) is 8.05. The molecule has 1 aromatic carbocycles. The first-order valence-electron chi connectivity index (χ1n) is 5.23. The van der Waals surface area contributed by atoms with Crippen molar-refractivity contribution < 1.29 is 4.79 Å². The van der Waals surface area contributed by atoms with Crippen LogP contribution >= 0.6 is 0 Å². The minimum atomic E-state index is -0.151. The van der Waals surface area contributed by atoms with Gasteiger partial charge in [-0.2, -0.15) is 0 Å². The van der Waals surface area contributed by atoms with E-state index >= 15 is 0 Å². The SMILES string of the molecule is Cc1ccc(CC(=O)NC(C)(C)C)cc1. The lowest BCUT2D eigenvalue weighted by Crippen LogP contribution is -2.41. The summed E-state index contributed by atoms with van der Waals surface area (Å²) >= 11 is 0. The average Bonchev–Trinajstić information content (AvgIpc) is 2.05. The van der Waals surface area contributed by atoms with E-state index in [1.807, 2.05) is 52.0 Å². The summed E-state index contributed by atoms with van der Waals surface area (Å²) in [7, 11) is 0. The Labute approximate surface area is 91.7 Å². The first-order chi connectivity index (χ1) is 6.87. The van der Waals surface area contributed by atoms with Crippen LogP contribution in [0.1, 0.15) is 31.9 Å². The number of amides is 1. The summed E-state index contributed by atoms with van der Waals surface area (Å²) in [5.41, 5.74) is 2.12. The van der Waals surface area contributed by atoms with Crippen LogP contribution in [0, 0.1) is 6.92 Å². The first kappa shape index (κ1) is 11.8. The summed E-state index contributed by atoms with van der Waals surface area (Å²) in [5, 5.41) is 2.94. The zero-order valence-corrected chi connectivity index (χ0v) is 9.92.